The number of carbonyl (C=O) groups is 1. The van der Waals surface area contributed by atoms with Crippen LogP contribution in [0, 0.1) is 0 Å². The van der Waals surface area contributed by atoms with Gasteiger partial charge in [0, 0.05) is 31.7 Å². The van der Waals surface area contributed by atoms with Crippen molar-refractivity contribution >= 4 is 5.91 Å². The van der Waals surface area contributed by atoms with Crippen LogP contribution in [0.4, 0.5) is 0 Å². The van der Waals surface area contributed by atoms with Crippen molar-refractivity contribution < 1.29 is 4.79 Å². The van der Waals surface area contributed by atoms with Gasteiger partial charge in [0.1, 0.15) is 6.04 Å². The number of rotatable bonds is 3. The number of hydrogen-bond donors (Lipinski definition) is 1. The van der Waals surface area contributed by atoms with Crippen LogP contribution in [0.5, 0.6) is 0 Å². The van der Waals surface area contributed by atoms with Gasteiger partial charge >= 0.3 is 0 Å². The second kappa shape index (κ2) is 5.80. The normalized spacial score (nSPS) is 29.8. The fourth-order valence-corrected chi connectivity index (χ4v) is 4.02. The lowest BCUT2D eigenvalue weighted by Crippen LogP contribution is -2.70. The molecule has 1 saturated heterocycles. The molecular weight excluding hydrogens is 238 g/mol. The van der Waals surface area contributed by atoms with Gasteiger partial charge in [0.25, 0.3) is 0 Å². The molecule has 19 heavy (non-hydrogen) atoms. The molecule has 1 aliphatic heterocycles. The first-order chi connectivity index (χ1) is 8.97. The summed E-state index contributed by atoms with van der Waals surface area (Å²) in [6, 6.07) is 0.585. The second-order valence-electron chi connectivity index (χ2n) is 6.78. The van der Waals surface area contributed by atoms with Crippen LogP contribution in [0.3, 0.4) is 0 Å². The van der Waals surface area contributed by atoms with Gasteiger partial charge in [0.05, 0.1) is 0 Å². The highest BCUT2D eigenvalue weighted by Gasteiger charge is 2.46. The van der Waals surface area contributed by atoms with Gasteiger partial charge in [0.2, 0.25) is 5.91 Å². The largest absolute Gasteiger partial charge is 0.343 e. The van der Waals surface area contributed by atoms with Gasteiger partial charge in [-0.1, -0.05) is 19.3 Å². The van der Waals surface area contributed by atoms with Gasteiger partial charge in [-0.2, -0.15) is 0 Å². The minimum atomic E-state index is 0.00171. The van der Waals surface area contributed by atoms with Crippen molar-refractivity contribution in [2.24, 2.45) is 0 Å². The van der Waals surface area contributed by atoms with Crippen molar-refractivity contribution in [1.29, 1.82) is 0 Å². The van der Waals surface area contributed by atoms with Crippen LogP contribution >= 0.6 is 0 Å². The predicted molar refractivity (Wildman–Crippen MR) is 78.1 cm³/mol. The monoisotopic (exact) mass is 267 g/mol. The first kappa shape index (κ1) is 14.8. The minimum absolute atomic E-state index is 0.00171. The third-order valence-corrected chi connectivity index (χ3v) is 4.69. The summed E-state index contributed by atoms with van der Waals surface area (Å²) in [7, 11) is 3.87. The fraction of sp³-hybridized carbons (Fsp3) is 0.933. The van der Waals surface area contributed by atoms with E-state index >= 15 is 0 Å². The van der Waals surface area contributed by atoms with E-state index in [1.807, 2.05) is 19.0 Å². The van der Waals surface area contributed by atoms with E-state index < -0.39 is 0 Å². The van der Waals surface area contributed by atoms with E-state index in [2.05, 4.69) is 24.1 Å². The van der Waals surface area contributed by atoms with Crippen LogP contribution in [0.1, 0.15) is 46.0 Å². The summed E-state index contributed by atoms with van der Waals surface area (Å²) >= 11 is 0. The molecule has 1 amide bonds. The Morgan fingerprint density at radius 2 is 1.89 bits per heavy atom. The number of carbonyl (C=O) groups excluding carboxylic acids is 1. The Bertz CT molecular complexity index is 323. The average Bonchev–Trinajstić information content (AvgIpc) is 2.36. The summed E-state index contributed by atoms with van der Waals surface area (Å²) in [5, 5.41) is 3.21. The van der Waals surface area contributed by atoms with Crippen LogP contribution in [0.15, 0.2) is 0 Å². The topological polar surface area (TPSA) is 35.6 Å². The van der Waals surface area contributed by atoms with E-state index in [0.717, 1.165) is 13.1 Å². The first-order valence-electron chi connectivity index (χ1n) is 7.65. The molecule has 0 aromatic carbocycles. The smallest absolute Gasteiger partial charge is 0.241 e. The first-order valence-corrected chi connectivity index (χ1v) is 7.65. The summed E-state index contributed by atoms with van der Waals surface area (Å²) in [6.07, 6.45) is 6.48. The molecule has 1 heterocycles. The summed E-state index contributed by atoms with van der Waals surface area (Å²) in [4.78, 5) is 16.9. The van der Waals surface area contributed by atoms with Crippen molar-refractivity contribution in [3.05, 3.63) is 0 Å². The van der Waals surface area contributed by atoms with Crippen LogP contribution in [0.25, 0.3) is 0 Å². The molecule has 2 rings (SSSR count). The molecule has 1 aliphatic carbocycles. The highest BCUT2D eigenvalue weighted by Crippen LogP contribution is 2.33. The lowest BCUT2D eigenvalue weighted by atomic mass is 9.86. The molecule has 1 saturated carbocycles. The van der Waals surface area contributed by atoms with E-state index in [9.17, 15) is 4.79 Å². The number of piperazine rings is 1. The number of likely N-dealkylation sites (N-methyl/N-ethyl adjacent to an activating group) is 2. The predicted octanol–water partition coefficient (Wildman–Crippen LogP) is 1.46. The van der Waals surface area contributed by atoms with Crippen LogP contribution in [-0.2, 0) is 4.79 Å². The summed E-state index contributed by atoms with van der Waals surface area (Å²) in [6.45, 7) is 6.16. The third-order valence-electron chi connectivity index (χ3n) is 4.69. The molecule has 4 nitrogen and oxygen atoms in total. The van der Waals surface area contributed by atoms with Gasteiger partial charge < -0.3 is 10.2 Å². The van der Waals surface area contributed by atoms with E-state index in [1.54, 1.807) is 0 Å². The maximum Gasteiger partial charge on any atom is 0.241 e. The maximum absolute atomic E-state index is 12.5. The number of amides is 1. The summed E-state index contributed by atoms with van der Waals surface area (Å²) in [5.74, 6) is 0.277. The molecule has 0 aromatic heterocycles. The zero-order valence-corrected chi connectivity index (χ0v) is 12.9. The van der Waals surface area contributed by atoms with E-state index in [-0.39, 0.29) is 17.5 Å². The summed E-state index contributed by atoms with van der Waals surface area (Å²) in [5.41, 5.74) is 0.0756. The molecule has 1 unspecified atom stereocenters. The van der Waals surface area contributed by atoms with E-state index in [4.69, 9.17) is 0 Å². The molecule has 0 radical (unpaired) electrons. The van der Waals surface area contributed by atoms with E-state index in [0.29, 0.717) is 6.04 Å². The van der Waals surface area contributed by atoms with Crippen molar-refractivity contribution in [2.75, 3.05) is 27.2 Å². The van der Waals surface area contributed by atoms with Crippen LogP contribution in [-0.4, -0.2) is 60.5 Å². The zero-order valence-electron chi connectivity index (χ0n) is 12.9. The minimum Gasteiger partial charge on any atom is -0.343 e. The molecule has 1 N–H and O–H groups in total. The second-order valence-corrected chi connectivity index (χ2v) is 6.78. The molecule has 2 aliphatic rings. The molecule has 4 heteroatoms. The van der Waals surface area contributed by atoms with Crippen molar-refractivity contribution in [2.45, 2.75) is 63.6 Å². The highest BCUT2D eigenvalue weighted by molar-refractivity contribution is 5.83. The molecular formula is C15H29N3O. The Morgan fingerprint density at radius 3 is 2.47 bits per heavy atom. The Morgan fingerprint density at radius 1 is 1.26 bits per heavy atom. The van der Waals surface area contributed by atoms with Crippen molar-refractivity contribution in [1.82, 2.24) is 15.1 Å². The lowest BCUT2D eigenvalue weighted by molar-refractivity contribution is -0.152. The van der Waals surface area contributed by atoms with Crippen LogP contribution < -0.4 is 5.32 Å². The Kier molecular flexibility index (Phi) is 4.51. The van der Waals surface area contributed by atoms with Gasteiger partial charge in [-0.25, -0.2) is 0 Å². The maximum atomic E-state index is 12.5. The molecule has 1 atom stereocenters. The van der Waals surface area contributed by atoms with Crippen molar-refractivity contribution in [3.63, 3.8) is 0 Å². The zero-order chi connectivity index (χ0) is 14.0. The molecule has 110 valence electrons. The Labute approximate surface area is 117 Å². The molecule has 0 aromatic rings. The average molecular weight is 267 g/mol. The van der Waals surface area contributed by atoms with Gasteiger partial charge in [-0.05, 0) is 33.7 Å². The van der Waals surface area contributed by atoms with Crippen molar-refractivity contribution in [3.8, 4) is 0 Å². The SMILES string of the molecule is CNCC1C(=O)N(C)CC(C)(C)N1C1CCCCC1. The Hall–Kier alpha value is -0.610. The summed E-state index contributed by atoms with van der Waals surface area (Å²) < 4.78 is 0. The molecule has 0 spiro atoms. The van der Waals surface area contributed by atoms with Gasteiger partial charge in [-0.15, -0.1) is 0 Å². The number of nitrogens with one attached hydrogen (secondary N) is 1. The van der Waals surface area contributed by atoms with E-state index in [1.165, 1.54) is 32.1 Å². The van der Waals surface area contributed by atoms with Crippen LogP contribution in [0.2, 0.25) is 0 Å². The lowest BCUT2D eigenvalue weighted by Gasteiger charge is -2.54. The fourth-order valence-electron chi connectivity index (χ4n) is 4.02. The van der Waals surface area contributed by atoms with Gasteiger partial charge in [-0.3, -0.25) is 9.69 Å². The quantitative estimate of drug-likeness (QED) is 0.841. The Balaban J connectivity index is 2.24. The van der Waals surface area contributed by atoms with Gasteiger partial charge in [0.15, 0.2) is 0 Å². The standard InChI is InChI=1S/C15H29N3O/c1-15(2)11-17(4)14(19)13(10-16-3)18(15)12-8-6-5-7-9-12/h12-13,16H,5-11H2,1-4H3. The molecule has 0 bridgehead atoms. The molecule has 2 fully saturated rings. The number of nitrogens with zero attached hydrogens (tertiary/aromatic N) is 2. The third kappa shape index (κ3) is 2.95. The highest BCUT2D eigenvalue weighted by atomic mass is 16.2. The number of hydrogen-bond acceptors (Lipinski definition) is 3.